The summed E-state index contributed by atoms with van der Waals surface area (Å²) >= 11 is 0. The summed E-state index contributed by atoms with van der Waals surface area (Å²) in [4.78, 5) is 48.0. The summed E-state index contributed by atoms with van der Waals surface area (Å²) in [5, 5.41) is 14.1. The molecule has 2 N–H and O–H groups in total. The van der Waals surface area contributed by atoms with E-state index in [1.165, 1.54) is 39.2 Å². The first kappa shape index (κ1) is 19.8. The maximum atomic E-state index is 12.9. The quantitative estimate of drug-likeness (QED) is 0.450. The van der Waals surface area contributed by atoms with Gasteiger partial charge in [0.25, 0.3) is 17.5 Å². The Morgan fingerprint density at radius 2 is 1.86 bits per heavy atom. The number of ether oxygens (including phenoxy) is 1. The van der Waals surface area contributed by atoms with Crippen LogP contribution in [0.4, 0.5) is 10.5 Å². The van der Waals surface area contributed by atoms with Crippen molar-refractivity contribution >= 4 is 23.5 Å². The summed E-state index contributed by atoms with van der Waals surface area (Å²) in [7, 11) is 1.51. The standard InChI is InChI=1S/C19H18N4O6/c1-11-10-12(4-9-15(11)23(27)28)16(24)21-22-17(25)19(2,20-18(22)26)13-5-7-14(29-3)8-6-13/h4-10H,1-3H3,(H,20,26)(H,21,24)/t19-/m1/s1. The molecular weight excluding hydrogens is 380 g/mol. The van der Waals surface area contributed by atoms with Crippen molar-refractivity contribution in [3.8, 4) is 5.75 Å². The normalized spacial score (nSPS) is 18.4. The van der Waals surface area contributed by atoms with Gasteiger partial charge in [0.2, 0.25) is 0 Å². The molecule has 0 unspecified atom stereocenters. The Balaban J connectivity index is 1.82. The Morgan fingerprint density at radius 3 is 2.41 bits per heavy atom. The summed E-state index contributed by atoms with van der Waals surface area (Å²) in [6, 6.07) is 9.56. The maximum Gasteiger partial charge on any atom is 0.344 e. The molecule has 0 aromatic heterocycles. The van der Waals surface area contributed by atoms with Crippen molar-refractivity contribution in [2.75, 3.05) is 7.11 Å². The molecule has 0 aliphatic carbocycles. The van der Waals surface area contributed by atoms with Crippen LogP contribution in [-0.2, 0) is 10.3 Å². The van der Waals surface area contributed by atoms with E-state index in [9.17, 15) is 24.5 Å². The predicted octanol–water partition coefficient (Wildman–Crippen LogP) is 2.02. The molecule has 2 aromatic rings. The van der Waals surface area contributed by atoms with Gasteiger partial charge in [-0.2, -0.15) is 5.01 Å². The number of benzene rings is 2. The molecule has 3 rings (SSSR count). The number of imide groups is 1. The molecule has 10 heteroatoms. The van der Waals surface area contributed by atoms with Crippen LogP contribution >= 0.6 is 0 Å². The number of nitro benzene ring substituents is 1. The first-order valence-electron chi connectivity index (χ1n) is 8.54. The highest BCUT2D eigenvalue weighted by molar-refractivity contribution is 6.09. The number of rotatable bonds is 5. The van der Waals surface area contributed by atoms with Crippen LogP contribution in [-0.4, -0.2) is 34.9 Å². The van der Waals surface area contributed by atoms with Crippen LogP contribution in [0.15, 0.2) is 42.5 Å². The summed E-state index contributed by atoms with van der Waals surface area (Å²) in [5.74, 6) is -0.821. The van der Waals surface area contributed by atoms with E-state index in [1.54, 1.807) is 24.3 Å². The first-order chi connectivity index (χ1) is 13.7. The largest absolute Gasteiger partial charge is 0.497 e. The second-order valence-electron chi connectivity index (χ2n) is 6.62. The van der Waals surface area contributed by atoms with Gasteiger partial charge in [-0.3, -0.25) is 25.1 Å². The van der Waals surface area contributed by atoms with Gasteiger partial charge in [-0.15, -0.1) is 0 Å². The van der Waals surface area contributed by atoms with Crippen molar-refractivity contribution in [3.63, 3.8) is 0 Å². The lowest BCUT2D eigenvalue weighted by molar-refractivity contribution is -0.385. The Hall–Kier alpha value is -3.95. The molecule has 29 heavy (non-hydrogen) atoms. The van der Waals surface area contributed by atoms with Crippen molar-refractivity contribution in [2.24, 2.45) is 0 Å². The SMILES string of the molecule is COc1ccc([C@@]2(C)NC(=O)N(NC(=O)c3ccc([N+](=O)[O-])c(C)c3)C2=O)cc1. The molecule has 0 radical (unpaired) electrons. The van der Waals surface area contributed by atoms with E-state index >= 15 is 0 Å². The van der Waals surface area contributed by atoms with Gasteiger partial charge in [0.1, 0.15) is 11.3 Å². The summed E-state index contributed by atoms with van der Waals surface area (Å²) in [5.41, 5.74) is 1.62. The Kier molecular flexibility index (Phi) is 4.93. The lowest BCUT2D eigenvalue weighted by Crippen LogP contribution is -2.47. The number of hydrogen-bond acceptors (Lipinski definition) is 6. The van der Waals surface area contributed by atoms with Gasteiger partial charge >= 0.3 is 6.03 Å². The minimum atomic E-state index is -1.37. The molecule has 150 valence electrons. The monoisotopic (exact) mass is 398 g/mol. The number of carbonyl (C=O) groups excluding carboxylic acids is 3. The number of nitro groups is 1. The number of methoxy groups -OCH3 is 1. The van der Waals surface area contributed by atoms with E-state index in [1.807, 2.05) is 0 Å². The Labute approximate surface area is 165 Å². The molecule has 1 heterocycles. The number of nitrogens with zero attached hydrogens (tertiary/aromatic N) is 2. The maximum absolute atomic E-state index is 12.9. The second kappa shape index (κ2) is 7.23. The van der Waals surface area contributed by atoms with Crippen molar-refractivity contribution in [1.29, 1.82) is 0 Å². The molecule has 1 fully saturated rings. The van der Waals surface area contributed by atoms with E-state index in [-0.39, 0.29) is 16.8 Å². The first-order valence-corrected chi connectivity index (χ1v) is 8.54. The molecule has 1 aliphatic rings. The molecule has 0 spiro atoms. The fraction of sp³-hybridized carbons (Fsp3) is 0.211. The average Bonchev–Trinajstić information content (AvgIpc) is 2.91. The fourth-order valence-electron chi connectivity index (χ4n) is 3.03. The zero-order chi connectivity index (χ0) is 21.3. The van der Waals surface area contributed by atoms with Gasteiger partial charge in [0.05, 0.1) is 12.0 Å². The molecule has 0 bridgehead atoms. The fourth-order valence-corrected chi connectivity index (χ4v) is 3.03. The number of hydrazine groups is 1. The third kappa shape index (κ3) is 3.47. The van der Waals surface area contributed by atoms with Crippen LogP contribution in [0.1, 0.15) is 28.4 Å². The number of urea groups is 1. The second-order valence-corrected chi connectivity index (χ2v) is 6.62. The van der Waals surface area contributed by atoms with Crippen LogP contribution < -0.4 is 15.5 Å². The minimum Gasteiger partial charge on any atom is -0.497 e. The van der Waals surface area contributed by atoms with Gasteiger partial charge in [0, 0.05) is 17.2 Å². The van der Waals surface area contributed by atoms with E-state index in [0.29, 0.717) is 16.3 Å². The van der Waals surface area contributed by atoms with Crippen molar-refractivity contribution in [1.82, 2.24) is 15.8 Å². The average molecular weight is 398 g/mol. The summed E-state index contributed by atoms with van der Waals surface area (Å²) < 4.78 is 5.09. The zero-order valence-corrected chi connectivity index (χ0v) is 15.9. The van der Waals surface area contributed by atoms with Crippen molar-refractivity contribution in [3.05, 3.63) is 69.3 Å². The highest BCUT2D eigenvalue weighted by Crippen LogP contribution is 2.29. The van der Waals surface area contributed by atoms with E-state index in [0.717, 1.165) is 0 Å². The third-order valence-electron chi connectivity index (χ3n) is 4.73. The minimum absolute atomic E-state index is 0.0757. The summed E-state index contributed by atoms with van der Waals surface area (Å²) in [6.07, 6.45) is 0. The van der Waals surface area contributed by atoms with Crippen LogP contribution in [0.3, 0.4) is 0 Å². The molecule has 0 saturated carbocycles. The van der Waals surface area contributed by atoms with Gasteiger partial charge in [-0.1, -0.05) is 12.1 Å². The van der Waals surface area contributed by atoms with Gasteiger partial charge in [-0.05, 0) is 43.7 Å². The van der Waals surface area contributed by atoms with Gasteiger partial charge in [-0.25, -0.2) is 4.79 Å². The lowest BCUT2D eigenvalue weighted by Gasteiger charge is -2.22. The predicted molar refractivity (Wildman–Crippen MR) is 101 cm³/mol. The van der Waals surface area contributed by atoms with Crippen molar-refractivity contribution in [2.45, 2.75) is 19.4 Å². The Morgan fingerprint density at radius 1 is 1.21 bits per heavy atom. The zero-order valence-electron chi connectivity index (χ0n) is 15.9. The van der Waals surface area contributed by atoms with Crippen LogP contribution in [0.25, 0.3) is 0 Å². The molecule has 1 aliphatic heterocycles. The number of aryl methyl sites for hydroxylation is 1. The molecule has 1 saturated heterocycles. The molecule has 4 amide bonds. The molecular formula is C19H18N4O6. The van der Waals surface area contributed by atoms with Crippen LogP contribution in [0.2, 0.25) is 0 Å². The number of amides is 4. The van der Waals surface area contributed by atoms with E-state index in [2.05, 4.69) is 10.7 Å². The van der Waals surface area contributed by atoms with Gasteiger partial charge in [0.15, 0.2) is 0 Å². The topological polar surface area (TPSA) is 131 Å². The highest BCUT2D eigenvalue weighted by atomic mass is 16.6. The Bertz CT molecular complexity index is 1020. The van der Waals surface area contributed by atoms with Crippen LogP contribution in [0.5, 0.6) is 5.75 Å². The van der Waals surface area contributed by atoms with Gasteiger partial charge < -0.3 is 10.1 Å². The van der Waals surface area contributed by atoms with E-state index < -0.39 is 28.3 Å². The number of nitrogens with one attached hydrogen (secondary N) is 2. The highest BCUT2D eigenvalue weighted by Gasteiger charge is 2.50. The van der Waals surface area contributed by atoms with Crippen LogP contribution in [0, 0.1) is 17.0 Å². The summed E-state index contributed by atoms with van der Waals surface area (Å²) in [6.45, 7) is 3.01. The smallest absolute Gasteiger partial charge is 0.344 e. The van der Waals surface area contributed by atoms with E-state index in [4.69, 9.17) is 4.74 Å². The van der Waals surface area contributed by atoms with Crippen molar-refractivity contribution < 1.29 is 24.0 Å². The molecule has 2 aromatic carbocycles. The molecule has 1 atom stereocenters. The lowest BCUT2D eigenvalue weighted by atomic mass is 9.92. The number of hydrogen-bond donors (Lipinski definition) is 2. The third-order valence-corrected chi connectivity index (χ3v) is 4.73. The number of carbonyl (C=O) groups is 3. The molecule has 10 nitrogen and oxygen atoms in total.